The highest BCUT2D eigenvalue weighted by molar-refractivity contribution is 7.80. The number of anilines is 1. The van der Waals surface area contributed by atoms with Gasteiger partial charge in [0.25, 0.3) is 0 Å². The maximum atomic E-state index is 11.9. The smallest absolute Gasteiger partial charge is 0.228 e. The number of amides is 1. The fraction of sp³-hybridized carbons (Fsp3) is 0.429. The third-order valence-corrected chi connectivity index (χ3v) is 3.73. The molecule has 1 atom stereocenters. The second kappa shape index (κ2) is 9.14. The van der Waals surface area contributed by atoms with E-state index in [0.29, 0.717) is 17.1 Å². The van der Waals surface area contributed by atoms with Gasteiger partial charge >= 0.3 is 0 Å². The number of benzene rings is 1. The Morgan fingerprint density at radius 2 is 1.74 bits per heavy atom. The molecule has 128 valence electrons. The minimum Gasteiger partial charge on any atom is -0.339 e. The summed E-state index contributed by atoms with van der Waals surface area (Å²) < 4.78 is -1.77. The standard InChI is InChI=1S/C14H17Cl4N3OS/c1-8(2)7-11(22)20-12(14(16,17)18)21-13(23)19-10-5-3-9(15)4-6-10/h3-6,8,12H,7H2,1-2H3,(H,20,22)(H2,19,21,23)/t12-/m1/s1. The minimum absolute atomic E-state index is 0.185. The second-order valence-electron chi connectivity index (χ2n) is 5.25. The predicted octanol–water partition coefficient (Wildman–Crippen LogP) is 4.49. The van der Waals surface area contributed by atoms with Crippen LogP contribution >= 0.6 is 58.6 Å². The number of alkyl halides is 3. The zero-order chi connectivity index (χ0) is 17.6. The van der Waals surface area contributed by atoms with Crippen LogP contribution in [0, 0.1) is 5.92 Å². The van der Waals surface area contributed by atoms with Crippen molar-refractivity contribution in [3.63, 3.8) is 0 Å². The van der Waals surface area contributed by atoms with Crippen LogP contribution in [0.2, 0.25) is 5.02 Å². The Kier molecular flexibility index (Phi) is 8.18. The van der Waals surface area contributed by atoms with Crippen molar-refractivity contribution in [1.82, 2.24) is 10.6 Å². The van der Waals surface area contributed by atoms with Gasteiger partial charge in [-0.05, 0) is 42.4 Å². The topological polar surface area (TPSA) is 53.2 Å². The highest BCUT2D eigenvalue weighted by Crippen LogP contribution is 2.29. The Bertz CT molecular complexity index is 546. The minimum atomic E-state index is -1.77. The summed E-state index contributed by atoms with van der Waals surface area (Å²) in [5.41, 5.74) is 0.712. The molecular formula is C14H17Cl4N3OS. The summed E-state index contributed by atoms with van der Waals surface area (Å²) in [4.78, 5) is 11.9. The van der Waals surface area contributed by atoms with Gasteiger partial charge in [0.15, 0.2) is 5.11 Å². The molecule has 1 aromatic rings. The average Bonchev–Trinajstić information content (AvgIpc) is 2.38. The molecule has 23 heavy (non-hydrogen) atoms. The zero-order valence-corrected chi connectivity index (χ0v) is 16.3. The molecule has 0 heterocycles. The van der Waals surface area contributed by atoms with E-state index in [1.165, 1.54) is 0 Å². The number of carbonyl (C=O) groups excluding carboxylic acids is 1. The predicted molar refractivity (Wildman–Crippen MR) is 102 cm³/mol. The van der Waals surface area contributed by atoms with E-state index in [-0.39, 0.29) is 16.9 Å². The van der Waals surface area contributed by atoms with Crippen molar-refractivity contribution in [1.29, 1.82) is 0 Å². The molecule has 0 bridgehead atoms. The number of carbonyl (C=O) groups is 1. The molecular weight excluding hydrogens is 400 g/mol. The van der Waals surface area contributed by atoms with Gasteiger partial charge in [0.2, 0.25) is 9.70 Å². The van der Waals surface area contributed by atoms with Crippen LogP contribution in [0.5, 0.6) is 0 Å². The van der Waals surface area contributed by atoms with E-state index in [0.717, 1.165) is 0 Å². The summed E-state index contributed by atoms with van der Waals surface area (Å²) in [5.74, 6) is -0.0525. The molecule has 0 aliphatic rings. The third-order valence-electron chi connectivity index (χ3n) is 2.60. The first-order valence-electron chi connectivity index (χ1n) is 6.77. The summed E-state index contributed by atoms with van der Waals surface area (Å²) >= 11 is 28.7. The molecule has 0 radical (unpaired) electrons. The van der Waals surface area contributed by atoms with Crippen LogP contribution in [0.1, 0.15) is 20.3 Å². The molecule has 0 aliphatic carbocycles. The Morgan fingerprint density at radius 3 is 2.22 bits per heavy atom. The Hall–Kier alpha value is -0.460. The molecule has 4 nitrogen and oxygen atoms in total. The van der Waals surface area contributed by atoms with Gasteiger partial charge < -0.3 is 16.0 Å². The average molecular weight is 417 g/mol. The SMILES string of the molecule is CC(C)CC(=O)N[C@H](NC(=S)Nc1ccc(Cl)cc1)C(Cl)(Cl)Cl. The van der Waals surface area contributed by atoms with Gasteiger partial charge in [0.05, 0.1) is 0 Å². The number of hydrogen-bond acceptors (Lipinski definition) is 2. The van der Waals surface area contributed by atoms with Crippen molar-refractivity contribution in [3.05, 3.63) is 29.3 Å². The Labute approximate surface area is 161 Å². The van der Waals surface area contributed by atoms with Gasteiger partial charge in [0, 0.05) is 17.1 Å². The molecule has 0 spiro atoms. The van der Waals surface area contributed by atoms with E-state index in [1.807, 2.05) is 13.8 Å². The second-order valence-corrected chi connectivity index (χ2v) is 8.46. The van der Waals surface area contributed by atoms with E-state index < -0.39 is 9.96 Å². The van der Waals surface area contributed by atoms with E-state index in [4.69, 9.17) is 58.6 Å². The Morgan fingerprint density at radius 1 is 1.17 bits per heavy atom. The quantitative estimate of drug-likeness (QED) is 0.376. The summed E-state index contributed by atoms with van der Waals surface area (Å²) in [5, 5.41) is 9.13. The first kappa shape index (κ1) is 20.6. The number of halogens is 4. The molecule has 1 aromatic carbocycles. The monoisotopic (exact) mass is 415 g/mol. The zero-order valence-electron chi connectivity index (χ0n) is 12.5. The molecule has 3 N–H and O–H groups in total. The van der Waals surface area contributed by atoms with Crippen molar-refractivity contribution >= 4 is 75.3 Å². The number of nitrogens with one attached hydrogen (secondary N) is 3. The van der Waals surface area contributed by atoms with Crippen molar-refractivity contribution in [2.75, 3.05) is 5.32 Å². The van der Waals surface area contributed by atoms with Crippen LogP contribution in [-0.2, 0) is 4.79 Å². The fourth-order valence-corrected chi connectivity index (χ4v) is 2.31. The maximum absolute atomic E-state index is 11.9. The Balaban J connectivity index is 2.67. The number of thiocarbonyl (C=S) groups is 1. The number of hydrogen-bond donors (Lipinski definition) is 3. The highest BCUT2D eigenvalue weighted by Gasteiger charge is 2.34. The molecule has 0 aromatic heterocycles. The fourth-order valence-electron chi connectivity index (χ4n) is 1.62. The van der Waals surface area contributed by atoms with Crippen LogP contribution in [0.4, 0.5) is 5.69 Å². The molecule has 1 rings (SSSR count). The molecule has 0 saturated carbocycles. The molecule has 0 saturated heterocycles. The van der Waals surface area contributed by atoms with Gasteiger partial charge in [-0.15, -0.1) is 0 Å². The third kappa shape index (κ3) is 8.27. The molecule has 0 unspecified atom stereocenters. The van der Waals surface area contributed by atoms with Crippen LogP contribution in [0.15, 0.2) is 24.3 Å². The van der Waals surface area contributed by atoms with Crippen molar-refractivity contribution in [3.8, 4) is 0 Å². The summed E-state index contributed by atoms with van der Waals surface area (Å²) in [7, 11) is 0. The lowest BCUT2D eigenvalue weighted by atomic mass is 10.1. The van der Waals surface area contributed by atoms with Gasteiger partial charge in [-0.1, -0.05) is 60.3 Å². The van der Waals surface area contributed by atoms with Gasteiger partial charge in [0.1, 0.15) is 6.17 Å². The van der Waals surface area contributed by atoms with Gasteiger partial charge in [-0.2, -0.15) is 0 Å². The molecule has 0 fully saturated rings. The van der Waals surface area contributed by atoms with E-state index in [2.05, 4.69) is 16.0 Å². The molecule has 0 aliphatic heterocycles. The van der Waals surface area contributed by atoms with Crippen LogP contribution in [0.3, 0.4) is 0 Å². The van der Waals surface area contributed by atoms with Crippen molar-refractivity contribution in [2.24, 2.45) is 5.92 Å². The van der Waals surface area contributed by atoms with Crippen LogP contribution in [0.25, 0.3) is 0 Å². The van der Waals surface area contributed by atoms with Crippen molar-refractivity contribution < 1.29 is 4.79 Å². The van der Waals surface area contributed by atoms with Crippen molar-refractivity contribution in [2.45, 2.75) is 30.2 Å². The normalized spacial score (nSPS) is 12.7. The van der Waals surface area contributed by atoms with E-state index in [9.17, 15) is 4.79 Å². The van der Waals surface area contributed by atoms with Crippen LogP contribution in [-0.4, -0.2) is 21.0 Å². The first-order valence-corrected chi connectivity index (χ1v) is 8.69. The molecule has 1 amide bonds. The summed E-state index contributed by atoms with van der Waals surface area (Å²) in [6.45, 7) is 3.84. The van der Waals surface area contributed by atoms with E-state index in [1.54, 1.807) is 24.3 Å². The first-order chi connectivity index (χ1) is 10.6. The van der Waals surface area contributed by atoms with E-state index >= 15 is 0 Å². The summed E-state index contributed by atoms with van der Waals surface area (Å²) in [6, 6.07) is 6.92. The van der Waals surface area contributed by atoms with Gasteiger partial charge in [-0.25, -0.2) is 0 Å². The largest absolute Gasteiger partial charge is 0.339 e. The number of rotatable bonds is 5. The lowest BCUT2D eigenvalue weighted by Gasteiger charge is -2.28. The molecule has 9 heteroatoms. The summed E-state index contributed by atoms with van der Waals surface area (Å²) in [6.07, 6.45) is -0.651. The van der Waals surface area contributed by atoms with Gasteiger partial charge in [-0.3, -0.25) is 4.79 Å². The highest BCUT2D eigenvalue weighted by atomic mass is 35.6. The van der Waals surface area contributed by atoms with Crippen LogP contribution < -0.4 is 16.0 Å². The maximum Gasteiger partial charge on any atom is 0.228 e. The lowest BCUT2D eigenvalue weighted by Crippen LogP contribution is -2.56. The lowest BCUT2D eigenvalue weighted by molar-refractivity contribution is -0.122.